The third-order valence-electron chi connectivity index (χ3n) is 3.66. The number of amides is 1. The van der Waals surface area contributed by atoms with E-state index in [0.29, 0.717) is 12.5 Å². The van der Waals surface area contributed by atoms with Crippen molar-refractivity contribution in [3.05, 3.63) is 47.8 Å². The maximum Gasteiger partial charge on any atom is 0.224 e. The normalized spacial score (nSPS) is 20.6. The Bertz CT molecular complexity index is 636. The minimum Gasteiger partial charge on any atom is -0.508 e. The van der Waals surface area contributed by atoms with E-state index in [1.54, 1.807) is 22.9 Å². The van der Waals surface area contributed by atoms with Crippen molar-refractivity contribution in [1.29, 1.82) is 0 Å². The Kier molecular flexibility index (Phi) is 3.18. The molecule has 104 valence electrons. The molecule has 20 heavy (non-hydrogen) atoms. The van der Waals surface area contributed by atoms with Crippen LogP contribution in [0.1, 0.15) is 23.5 Å². The molecule has 1 aromatic heterocycles. The Balaban J connectivity index is 1.54. The van der Waals surface area contributed by atoms with Crippen LogP contribution < -0.4 is 5.32 Å². The minimum absolute atomic E-state index is 0.0523. The molecule has 2 atom stereocenters. The van der Waals surface area contributed by atoms with E-state index in [9.17, 15) is 9.90 Å². The standard InChI is InChI=1S/C15H17N3O2/c1-18-9-11(8-17-18)13-6-14(13)15(20)16-7-10-3-2-4-12(19)5-10/h2-5,8-9,13-14,19H,6-7H2,1H3,(H,16,20)/t13-,14-/m1/s1. The third kappa shape index (κ3) is 2.66. The zero-order chi connectivity index (χ0) is 14.1. The summed E-state index contributed by atoms with van der Waals surface area (Å²) >= 11 is 0. The van der Waals surface area contributed by atoms with Gasteiger partial charge in [0.15, 0.2) is 0 Å². The van der Waals surface area contributed by atoms with Crippen molar-refractivity contribution in [2.75, 3.05) is 0 Å². The molecule has 2 aromatic rings. The van der Waals surface area contributed by atoms with Gasteiger partial charge < -0.3 is 10.4 Å². The zero-order valence-corrected chi connectivity index (χ0v) is 11.3. The van der Waals surface area contributed by atoms with Crippen molar-refractivity contribution in [2.24, 2.45) is 13.0 Å². The second-order valence-corrected chi connectivity index (χ2v) is 5.28. The molecule has 0 spiro atoms. The first kappa shape index (κ1) is 12.7. The van der Waals surface area contributed by atoms with E-state index in [-0.39, 0.29) is 17.6 Å². The average Bonchev–Trinajstić information content (AvgIpc) is 3.12. The molecule has 1 aliphatic rings. The number of carbonyl (C=O) groups is 1. The van der Waals surface area contributed by atoms with Gasteiger partial charge >= 0.3 is 0 Å². The maximum absolute atomic E-state index is 12.1. The molecule has 1 amide bonds. The molecule has 1 saturated carbocycles. The second kappa shape index (κ2) is 5.00. The predicted molar refractivity (Wildman–Crippen MR) is 74.0 cm³/mol. The van der Waals surface area contributed by atoms with Crippen LogP contribution >= 0.6 is 0 Å². The summed E-state index contributed by atoms with van der Waals surface area (Å²) in [6, 6.07) is 6.92. The van der Waals surface area contributed by atoms with E-state index in [2.05, 4.69) is 10.4 Å². The first-order valence-corrected chi connectivity index (χ1v) is 6.67. The SMILES string of the molecule is Cn1cc([C@H]2C[C@H]2C(=O)NCc2cccc(O)c2)cn1. The molecule has 1 heterocycles. The van der Waals surface area contributed by atoms with Crippen LogP contribution in [0.15, 0.2) is 36.7 Å². The molecular formula is C15H17N3O2. The Hall–Kier alpha value is -2.30. The fraction of sp³-hybridized carbons (Fsp3) is 0.333. The molecule has 0 aliphatic heterocycles. The molecule has 3 rings (SSSR count). The molecule has 5 nitrogen and oxygen atoms in total. The van der Waals surface area contributed by atoms with Gasteiger partial charge in [0.25, 0.3) is 0 Å². The quantitative estimate of drug-likeness (QED) is 0.886. The number of rotatable bonds is 4. The minimum atomic E-state index is 0.0523. The largest absolute Gasteiger partial charge is 0.508 e. The summed E-state index contributed by atoms with van der Waals surface area (Å²) in [4.78, 5) is 12.1. The van der Waals surface area contributed by atoms with Crippen LogP contribution in [0.2, 0.25) is 0 Å². The van der Waals surface area contributed by atoms with Crippen molar-refractivity contribution in [3.63, 3.8) is 0 Å². The van der Waals surface area contributed by atoms with Gasteiger partial charge in [0.2, 0.25) is 5.91 Å². The number of nitrogens with one attached hydrogen (secondary N) is 1. The lowest BCUT2D eigenvalue weighted by Gasteiger charge is -2.05. The Morgan fingerprint density at radius 2 is 2.40 bits per heavy atom. The molecule has 0 bridgehead atoms. The van der Waals surface area contributed by atoms with Crippen LogP contribution in [-0.2, 0) is 18.4 Å². The van der Waals surface area contributed by atoms with Gasteiger partial charge in [-0.1, -0.05) is 12.1 Å². The lowest BCUT2D eigenvalue weighted by atomic mass is 10.2. The molecule has 1 aliphatic carbocycles. The van der Waals surface area contributed by atoms with Gasteiger partial charge in [0, 0.05) is 25.7 Å². The number of hydrogen-bond donors (Lipinski definition) is 2. The molecule has 2 N–H and O–H groups in total. The lowest BCUT2D eigenvalue weighted by molar-refractivity contribution is -0.122. The number of aryl methyl sites for hydroxylation is 1. The highest BCUT2D eigenvalue weighted by molar-refractivity contribution is 5.82. The van der Waals surface area contributed by atoms with E-state index in [4.69, 9.17) is 0 Å². The zero-order valence-electron chi connectivity index (χ0n) is 11.3. The number of benzene rings is 1. The van der Waals surface area contributed by atoms with Gasteiger partial charge in [-0.2, -0.15) is 5.10 Å². The summed E-state index contributed by atoms with van der Waals surface area (Å²) in [6.07, 6.45) is 4.68. The molecule has 1 fully saturated rings. The van der Waals surface area contributed by atoms with E-state index in [1.165, 1.54) is 0 Å². The number of aromatic hydroxyl groups is 1. The van der Waals surface area contributed by atoms with Crippen LogP contribution in [0.25, 0.3) is 0 Å². The van der Waals surface area contributed by atoms with Crippen LogP contribution in [0.3, 0.4) is 0 Å². The van der Waals surface area contributed by atoms with Gasteiger partial charge in [-0.25, -0.2) is 0 Å². The van der Waals surface area contributed by atoms with E-state index < -0.39 is 0 Å². The fourth-order valence-electron chi connectivity index (χ4n) is 2.47. The third-order valence-corrected chi connectivity index (χ3v) is 3.66. The molecular weight excluding hydrogens is 254 g/mol. The molecule has 0 unspecified atom stereocenters. The number of phenolic OH excluding ortho intramolecular Hbond substituents is 1. The van der Waals surface area contributed by atoms with Gasteiger partial charge in [0.1, 0.15) is 5.75 Å². The predicted octanol–water partition coefficient (Wildman–Crippen LogP) is 1.55. The highest BCUT2D eigenvalue weighted by atomic mass is 16.3. The van der Waals surface area contributed by atoms with Gasteiger partial charge in [-0.05, 0) is 35.6 Å². The first-order valence-electron chi connectivity index (χ1n) is 6.67. The molecule has 0 saturated heterocycles. The topological polar surface area (TPSA) is 67.2 Å². The van der Waals surface area contributed by atoms with E-state index in [1.807, 2.05) is 25.5 Å². The highest BCUT2D eigenvalue weighted by Gasteiger charge is 2.44. The first-order chi connectivity index (χ1) is 9.63. The van der Waals surface area contributed by atoms with E-state index >= 15 is 0 Å². The lowest BCUT2D eigenvalue weighted by Crippen LogP contribution is -2.24. The number of hydrogen-bond acceptors (Lipinski definition) is 3. The molecule has 1 aromatic carbocycles. The fourth-order valence-corrected chi connectivity index (χ4v) is 2.47. The molecule has 0 radical (unpaired) electrons. The van der Waals surface area contributed by atoms with Gasteiger partial charge in [0.05, 0.1) is 6.20 Å². The van der Waals surface area contributed by atoms with Gasteiger partial charge in [-0.15, -0.1) is 0 Å². The molecule has 5 heteroatoms. The second-order valence-electron chi connectivity index (χ2n) is 5.28. The Morgan fingerprint density at radius 1 is 1.55 bits per heavy atom. The van der Waals surface area contributed by atoms with Gasteiger partial charge in [-0.3, -0.25) is 9.48 Å². The summed E-state index contributed by atoms with van der Waals surface area (Å²) in [6.45, 7) is 0.448. The Morgan fingerprint density at radius 3 is 3.10 bits per heavy atom. The van der Waals surface area contributed by atoms with Crippen LogP contribution in [0.4, 0.5) is 0 Å². The summed E-state index contributed by atoms with van der Waals surface area (Å²) in [5.41, 5.74) is 2.03. The summed E-state index contributed by atoms with van der Waals surface area (Å²) in [7, 11) is 1.88. The van der Waals surface area contributed by atoms with Crippen LogP contribution in [-0.4, -0.2) is 20.8 Å². The summed E-state index contributed by atoms with van der Waals surface area (Å²) < 4.78 is 1.76. The van der Waals surface area contributed by atoms with Crippen molar-refractivity contribution in [3.8, 4) is 5.75 Å². The summed E-state index contributed by atoms with van der Waals surface area (Å²) in [5.74, 6) is 0.642. The van der Waals surface area contributed by atoms with Crippen molar-refractivity contribution in [2.45, 2.75) is 18.9 Å². The number of phenols is 1. The summed E-state index contributed by atoms with van der Waals surface area (Å²) in [5, 5.41) is 16.4. The smallest absolute Gasteiger partial charge is 0.224 e. The Labute approximate surface area is 117 Å². The van der Waals surface area contributed by atoms with Crippen molar-refractivity contribution < 1.29 is 9.90 Å². The number of nitrogens with zero attached hydrogens (tertiary/aromatic N) is 2. The average molecular weight is 271 g/mol. The number of carbonyl (C=O) groups excluding carboxylic acids is 1. The maximum atomic E-state index is 12.1. The number of aromatic nitrogens is 2. The van der Waals surface area contributed by atoms with Crippen LogP contribution in [0, 0.1) is 5.92 Å². The highest BCUT2D eigenvalue weighted by Crippen LogP contribution is 2.47. The van der Waals surface area contributed by atoms with E-state index in [0.717, 1.165) is 17.5 Å². The van der Waals surface area contributed by atoms with Crippen LogP contribution in [0.5, 0.6) is 5.75 Å². The van der Waals surface area contributed by atoms with Crippen molar-refractivity contribution >= 4 is 5.91 Å². The monoisotopic (exact) mass is 271 g/mol. The van der Waals surface area contributed by atoms with Crippen molar-refractivity contribution in [1.82, 2.24) is 15.1 Å².